The van der Waals surface area contributed by atoms with E-state index in [1.54, 1.807) is 0 Å². The average Bonchev–Trinajstić information content (AvgIpc) is 2.76. The monoisotopic (exact) mass is 325 g/mol. The third-order valence-corrected chi connectivity index (χ3v) is 4.13. The molecule has 4 N–H and O–H groups in total. The lowest BCUT2D eigenvalue weighted by Gasteiger charge is -2.23. The van der Waals surface area contributed by atoms with Crippen molar-refractivity contribution < 1.29 is 21.6 Å². The van der Waals surface area contributed by atoms with Gasteiger partial charge in [-0.15, -0.1) is 12.4 Å². The molecule has 116 valence electrons. The molecule has 0 bridgehead atoms. The summed E-state index contributed by atoms with van der Waals surface area (Å²) in [4.78, 5) is 0. The van der Waals surface area contributed by atoms with E-state index >= 15 is 0 Å². The predicted octanol–water partition coefficient (Wildman–Crippen LogP) is 0.912. The van der Waals surface area contributed by atoms with Crippen LogP contribution in [-0.2, 0) is 10.2 Å². The lowest BCUT2D eigenvalue weighted by molar-refractivity contribution is -0.121. The number of halogens is 4. The molecule has 5 nitrogen and oxygen atoms in total. The van der Waals surface area contributed by atoms with Gasteiger partial charge in [-0.1, -0.05) is 12.8 Å². The van der Waals surface area contributed by atoms with Gasteiger partial charge in [0.25, 0.3) is 10.2 Å². The highest BCUT2D eigenvalue weighted by molar-refractivity contribution is 7.87. The molecule has 0 aliphatic heterocycles. The number of nitrogens with one attached hydrogen (secondary N) is 2. The minimum Gasteiger partial charge on any atom is -0.329 e. The van der Waals surface area contributed by atoms with Crippen molar-refractivity contribution in [2.24, 2.45) is 11.7 Å². The summed E-state index contributed by atoms with van der Waals surface area (Å²) in [7, 11) is -4.16. The van der Waals surface area contributed by atoms with E-state index in [0.29, 0.717) is 0 Å². The normalized spacial score (nSPS) is 19.2. The first-order chi connectivity index (χ1) is 8.23. The number of alkyl halides is 3. The minimum absolute atomic E-state index is 0. The summed E-state index contributed by atoms with van der Waals surface area (Å²) in [6, 6.07) is -0.502. The highest BCUT2D eigenvalue weighted by Crippen LogP contribution is 2.27. The first kappa shape index (κ1) is 18.9. The largest absolute Gasteiger partial charge is 0.402 e. The number of hydrogen-bond acceptors (Lipinski definition) is 3. The van der Waals surface area contributed by atoms with Crippen molar-refractivity contribution >= 4 is 22.6 Å². The molecular weight excluding hydrogens is 307 g/mol. The molecule has 1 rings (SSSR count). The number of nitrogens with two attached hydrogens (primary N) is 1. The van der Waals surface area contributed by atoms with E-state index in [1.807, 2.05) is 0 Å². The van der Waals surface area contributed by atoms with Crippen molar-refractivity contribution in [2.75, 3.05) is 13.1 Å². The molecule has 10 heteroatoms. The highest BCUT2D eigenvalue weighted by Gasteiger charge is 2.32. The fourth-order valence-corrected chi connectivity index (χ4v) is 3.24. The van der Waals surface area contributed by atoms with Crippen LogP contribution < -0.4 is 15.2 Å². The van der Waals surface area contributed by atoms with E-state index in [-0.39, 0.29) is 24.9 Å². The van der Waals surface area contributed by atoms with Crippen LogP contribution >= 0.6 is 12.4 Å². The Bertz CT molecular complexity index is 358. The second-order valence-corrected chi connectivity index (χ2v) is 5.98. The van der Waals surface area contributed by atoms with Crippen LogP contribution in [-0.4, -0.2) is 33.7 Å². The van der Waals surface area contributed by atoms with Gasteiger partial charge in [-0.25, -0.2) is 0 Å². The summed E-state index contributed by atoms with van der Waals surface area (Å²) >= 11 is 0. The Morgan fingerprint density at radius 3 is 2.21 bits per heavy atom. The SMILES string of the molecule is Cl.NCC(NS(=O)(=O)NCC(F)(F)F)C1CCCC1. The van der Waals surface area contributed by atoms with Gasteiger partial charge in [0.1, 0.15) is 6.54 Å². The van der Waals surface area contributed by atoms with E-state index in [0.717, 1.165) is 25.7 Å². The maximum atomic E-state index is 11.9. The van der Waals surface area contributed by atoms with Crippen molar-refractivity contribution in [1.29, 1.82) is 0 Å². The third kappa shape index (κ3) is 7.31. The fraction of sp³-hybridized carbons (Fsp3) is 1.00. The fourth-order valence-electron chi connectivity index (χ4n) is 2.11. The highest BCUT2D eigenvalue weighted by atomic mass is 35.5. The number of rotatable bonds is 6. The predicted molar refractivity (Wildman–Crippen MR) is 68.2 cm³/mol. The summed E-state index contributed by atoms with van der Waals surface area (Å²) in [5, 5.41) is 0. The van der Waals surface area contributed by atoms with Crippen LogP contribution in [0.2, 0.25) is 0 Å². The molecule has 0 amide bonds. The van der Waals surface area contributed by atoms with Gasteiger partial charge in [0, 0.05) is 12.6 Å². The minimum atomic E-state index is -4.57. The topological polar surface area (TPSA) is 84.2 Å². The zero-order chi connectivity index (χ0) is 13.8. The van der Waals surface area contributed by atoms with Gasteiger partial charge in [0.15, 0.2) is 0 Å². The Kier molecular flexibility index (Phi) is 7.59. The van der Waals surface area contributed by atoms with Gasteiger partial charge in [-0.05, 0) is 18.8 Å². The molecule has 0 aromatic carbocycles. The van der Waals surface area contributed by atoms with E-state index in [2.05, 4.69) is 4.72 Å². The molecular formula is C9H19ClF3N3O2S. The Morgan fingerprint density at radius 2 is 1.79 bits per heavy atom. The van der Waals surface area contributed by atoms with Crippen molar-refractivity contribution in [3.8, 4) is 0 Å². The molecule has 1 unspecified atom stereocenters. The maximum Gasteiger partial charge on any atom is 0.402 e. The van der Waals surface area contributed by atoms with Gasteiger partial charge in [0.2, 0.25) is 0 Å². The van der Waals surface area contributed by atoms with Crippen molar-refractivity contribution in [3.05, 3.63) is 0 Å². The summed E-state index contributed by atoms with van der Waals surface area (Å²) < 4.78 is 62.3. The molecule has 0 aromatic rings. The summed E-state index contributed by atoms with van der Waals surface area (Å²) in [6.07, 6.45) is -0.870. The van der Waals surface area contributed by atoms with Crippen molar-refractivity contribution in [2.45, 2.75) is 37.9 Å². The summed E-state index contributed by atoms with van der Waals surface area (Å²) in [6.45, 7) is -1.50. The van der Waals surface area contributed by atoms with Gasteiger partial charge in [-0.3, -0.25) is 0 Å². The Balaban J connectivity index is 0.00000324. The van der Waals surface area contributed by atoms with Crippen molar-refractivity contribution in [3.63, 3.8) is 0 Å². The first-order valence-corrected chi connectivity index (χ1v) is 7.25. The van der Waals surface area contributed by atoms with E-state index in [1.165, 1.54) is 4.72 Å². The molecule has 0 radical (unpaired) electrons. The zero-order valence-corrected chi connectivity index (χ0v) is 11.9. The molecule has 1 aliphatic rings. The van der Waals surface area contributed by atoms with Crippen LogP contribution in [0.4, 0.5) is 13.2 Å². The lowest BCUT2D eigenvalue weighted by atomic mass is 9.99. The van der Waals surface area contributed by atoms with E-state index in [4.69, 9.17) is 5.73 Å². The van der Waals surface area contributed by atoms with Gasteiger partial charge < -0.3 is 5.73 Å². The molecule has 0 heterocycles. The third-order valence-electron chi connectivity index (χ3n) is 2.99. The molecule has 1 atom stereocenters. The first-order valence-electron chi connectivity index (χ1n) is 5.77. The molecule has 0 saturated heterocycles. The average molecular weight is 326 g/mol. The van der Waals surface area contributed by atoms with Gasteiger partial charge >= 0.3 is 6.18 Å². The van der Waals surface area contributed by atoms with Crippen molar-refractivity contribution in [1.82, 2.24) is 9.44 Å². The smallest absolute Gasteiger partial charge is 0.329 e. The van der Waals surface area contributed by atoms with Gasteiger partial charge in [0.05, 0.1) is 0 Å². The van der Waals surface area contributed by atoms with Crippen LogP contribution in [0.5, 0.6) is 0 Å². The Hall–Kier alpha value is -0.0900. The summed E-state index contributed by atoms with van der Waals surface area (Å²) in [5.74, 6) is 0.109. The maximum absolute atomic E-state index is 11.9. The zero-order valence-electron chi connectivity index (χ0n) is 10.2. The lowest BCUT2D eigenvalue weighted by Crippen LogP contribution is -2.50. The standard InChI is InChI=1S/C9H18F3N3O2S.ClH/c10-9(11,12)6-14-18(16,17)15-8(5-13)7-3-1-2-4-7;/h7-8,14-15H,1-6,13H2;1H. The Morgan fingerprint density at radius 1 is 1.26 bits per heavy atom. The molecule has 0 spiro atoms. The van der Waals surface area contributed by atoms with Gasteiger partial charge in [-0.2, -0.15) is 31.0 Å². The van der Waals surface area contributed by atoms with E-state index in [9.17, 15) is 21.6 Å². The molecule has 1 fully saturated rings. The second-order valence-electron chi connectivity index (χ2n) is 4.44. The van der Waals surface area contributed by atoms with E-state index < -0.39 is 29.0 Å². The number of hydrogen-bond donors (Lipinski definition) is 3. The second kappa shape index (κ2) is 7.63. The van der Waals surface area contributed by atoms with Crippen LogP contribution in [0, 0.1) is 5.92 Å². The quantitative estimate of drug-likeness (QED) is 0.678. The van der Waals surface area contributed by atoms with Crippen LogP contribution in [0.1, 0.15) is 25.7 Å². The molecule has 1 aliphatic carbocycles. The Labute approximate surface area is 117 Å². The molecule has 1 saturated carbocycles. The van der Waals surface area contributed by atoms with Crippen LogP contribution in [0.15, 0.2) is 0 Å². The summed E-state index contributed by atoms with van der Waals surface area (Å²) in [5.41, 5.74) is 5.46. The molecule has 0 aromatic heterocycles. The van der Waals surface area contributed by atoms with Crippen LogP contribution in [0.3, 0.4) is 0 Å². The van der Waals surface area contributed by atoms with Crippen LogP contribution in [0.25, 0.3) is 0 Å². The molecule has 19 heavy (non-hydrogen) atoms.